The molecule has 0 aromatic heterocycles. The third-order valence-electron chi connectivity index (χ3n) is 6.74. The highest BCUT2D eigenvalue weighted by Gasteiger charge is 2.38. The van der Waals surface area contributed by atoms with Crippen LogP contribution >= 0.6 is 0 Å². The number of likely N-dealkylation sites (tertiary alicyclic amines) is 1. The molecule has 2 aliphatic heterocycles. The summed E-state index contributed by atoms with van der Waals surface area (Å²) >= 11 is 0. The number of piperazine rings is 1. The third-order valence-corrected chi connectivity index (χ3v) is 6.74. The molecule has 1 atom stereocenters. The van der Waals surface area contributed by atoms with Crippen LogP contribution in [0.2, 0.25) is 0 Å². The van der Waals surface area contributed by atoms with E-state index in [9.17, 15) is 9.59 Å². The largest absolute Gasteiger partial charge is 0.355 e. The van der Waals surface area contributed by atoms with Crippen LogP contribution in [-0.2, 0) is 16.1 Å². The lowest BCUT2D eigenvalue weighted by molar-refractivity contribution is -0.130. The second-order valence-electron chi connectivity index (χ2n) is 8.78. The fraction of sp³-hybridized carbons (Fsp3) is 0.652. The summed E-state index contributed by atoms with van der Waals surface area (Å²) in [5.41, 5.74) is 1.37. The van der Waals surface area contributed by atoms with Crippen LogP contribution in [0.3, 0.4) is 0 Å². The topological polar surface area (TPSA) is 55.9 Å². The minimum absolute atomic E-state index is 0.0570. The molecule has 0 unspecified atom stereocenters. The van der Waals surface area contributed by atoms with Crippen molar-refractivity contribution in [3.63, 3.8) is 0 Å². The van der Waals surface area contributed by atoms with Crippen LogP contribution in [-0.4, -0.2) is 78.4 Å². The Morgan fingerprint density at radius 1 is 1.00 bits per heavy atom. The van der Waals surface area contributed by atoms with Crippen LogP contribution in [0.4, 0.5) is 0 Å². The van der Waals surface area contributed by atoms with Crippen molar-refractivity contribution in [3.8, 4) is 0 Å². The van der Waals surface area contributed by atoms with Gasteiger partial charge in [-0.15, -0.1) is 0 Å². The van der Waals surface area contributed by atoms with Gasteiger partial charge in [-0.1, -0.05) is 43.2 Å². The van der Waals surface area contributed by atoms with Gasteiger partial charge in [-0.05, 0) is 18.4 Å². The summed E-state index contributed by atoms with van der Waals surface area (Å²) < 4.78 is 0. The summed E-state index contributed by atoms with van der Waals surface area (Å²) in [6.07, 6.45) is 5.03. The van der Waals surface area contributed by atoms with E-state index >= 15 is 0 Å². The van der Waals surface area contributed by atoms with Crippen molar-refractivity contribution in [2.75, 3.05) is 45.8 Å². The van der Waals surface area contributed by atoms with Gasteiger partial charge in [0.25, 0.3) is 0 Å². The summed E-state index contributed by atoms with van der Waals surface area (Å²) in [6, 6.07) is 11.0. The quantitative estimate of drug-likeness (QED) is 0.760. The van der Waals surface area contributed by atoms with Crippen molar-refractivity contribution in [2.45, 2.75) is 44.7 Å². The zero-order valence-electron chi connectivity index (χ0n) is 17.4. The molecule has 29 heavy (non-hydrogen) atoms. The van der Waals surface area contributed by atoms with Gasteiger partial charge >= 0.3 is 0 Å². The van der Waals surface area contributed by atoms with Crippen molar-refractivity contribution in [3.05, 3.63) is 35.9 Å². The standard InChI is InChI=1S/C23H34N4O2/c28-22-16-20(18-27(22)21-8-4-5-9-21)23(29)24-10-11-25-12-14-26(15-13-25)17-19-6-2-1-3-7-19/h1-3,6-7,20-21H,4-5,8-18H2,(H,24,29)/t20-/m0/s1. The van der Waals surface area contributed by atoms with E-state index in [1.165, 1.54) is 18.4 Å². The lowest BCUT2D eigenvalue weighted by atomic mass is 10.1. The number of amides is 2. The number of nitrogens with zero attached hydrogens (tertiary/aromatic N) is 3. The minimum atomic E-state index is -0.161. The fourth-order valence-electron chi connectivity index (χ4n) is 4.97. The van der Waals surface area contributed by atoms with Crippen LogP contribution in [0, 0.1) is 5.92 Å². The molecule has 1 aromatic carbocycles. The van der Waals surface area contributed by atoms with E-state index < -0.39 is 0 Å². The Morgan fingerprint density at radius 2 is 1.69 bits per heavy atom. The Morgan fingerprint density at radius 3 is 2.41 bits per heavy atom. The number of hydrogen-bond acceptors (Lipinski definition) is 4. The molecule has 6 heteroatoms. The SMILES string of the molecule is O=C(NCCN1CCN(Cc2ccccc2)CC1)[C@H]1CC(=O)N(C2CCCC2)C1. The normalized spacial score (nSPS) is 24.3. The van der Waals surface area contributed by atoms with Crippen LogP contribution in [0.15, 0.2) is 30.3 Å². The molecule has 0 bridgehead atoms. The monoisotopic (exact) mass is 398 g/mol. The van der Waals surface area contributed by atoms with Crippen molar-refractivity contribution in [1.82, 2.24) is 20.0 Å². The lowest BCUT2D eigenvalue weighted by Crippen LogP contribution is -2.48. The van der Waals surface area contributed by atoms with Crippen LogP contribution in [0.5, 0.6) is 0 Å². The third kappa shape index (κ3) is 5.37. The molecular weight excluding hydrogens is 364 g/mol. The van der Waals surface area contributed by atoms with Crippen LogP contribution in [0.1, 0.15) is 37.7 Å². The fourth-order valence-corrected chi connectivity index (χ4v) is 4.97. The first-order valence-corrected chi connectivity index (χ1v) is 11.2. The van der Waals surface area contributed by atoms with E-state index in [2.05, 4.69) is 45.4 Å². The van der Waals surface area contributed by atoms with Gasteiger partial charge in [-0.25, -0.2) is 0 Å². The minimum Gasteiger partial charge on any atom is -0.355 e. The van der Waals surface area contributed by atoms with Gasteiger partial charge in [0.15, 0.2) is 0 Å². The highest BCUT2D eigenvalue weighted by atomic mass is 16.2. The van der Waals surface area contributed by atoms with Gasteiger partial charge in [0, 0.05) is 64.8 Å². The average molecular weight is 399 g/mol. The van der Waals surface area contributed by atoms with Crippen molar-refractivity contribution in [2.24, 2.45) is 5.92 Å². The van der Waals surface area contributed by atoms with E-state index in [4.69, 9.17) is 0 Å². The molecule has 6 nitrogen and oxygen atoms in total. The summed E-state index contributed by atoms with van der Waals surface area (Å²) in [5.74, 6) is 0.0685. The van der Waals surface area contributed by atoms with E-state index in [1.54, 1.807) is 0 Å². The molecule has 1 aromatic rings. The first-order chi connectivity index (χ1) is 14.2. The van der Waals surface area contributed by atoms with E-state index in [0.717, 1.165) is 52.1 Å². The summed E-state index contributed by atoms with van der Waals surface area (Å²) in [4.78, 5) is 31.7. The zero-order valence-corrected chi connectivity index (χ0v) is 17.4. The van der Waals surface area contributed by atoms with Gasteiger partial charge in [0.1, 0.15) is 0 Å². The van der Waals surface area contributed by atoms with Gasteiger partial charge in [0.2, 0.25) is 11.8 Å². The number of hydrogen-bond donors (Lipinski definition) is 1. The van der Waals surface area contributed by atoms with Crippen molar-refractivity contribution < 1.29 is 9.59 Å². The molecule has 0 spiro atoms. The summed E-state index contributed by atoms with van der Waals surface area (Å²) in [6.45, 7) is 7.41. The number of carbonyl (C=O) groups is 2. The van der Waals surface area contributed by atoms with Crippen molar-refractivity contribution in [1.29, 1.82) is 0 Å². The number of rotatable bonds is 7. The maximum Gasteiger partial charge on any atom is 0.225 e. The molecule has 4 rings (SSSR count). The zero-order chi connectivity index (χ0) is 20.1. The Bertz CT molecular complexity index is 681. The highest BCUT2D eigenvalue weighted by molar-refractivity contribution is 5.89. The first kappa shape index (κ1) is 20.4. The predicted molar refractivity (Wildman–Crippen MR) is 113 cm³/mol. The lowest BCUT2D eigenvalue weighted by Gasteiger charge is -2.34. The average Bonchev–Trinajstić information content (AvgIpc) is 3.39. The molecule has 2 saturated heterocycles. The maximum atomic E-state index is 12.5. The Balaban J connectivity index is 1.13. The predicted octanol–water partition coefficient (Wildman–Crippen LogP) is 1.71. The second kappa shape index (κ2) is 9.72. The molecule has 1 saturated carbocycles. The molecule has 2 heterocycles. The number of carbonyl (C=O) groups excluding carboxylic acids is 2. The smallest absolute Gasteiger partial charge is 0.225 e. The number of benzene rings is 1. The Labute approximate surface area is 174 Å². The Kier molecular flexibility index (Phi) is 6.82. The van der Waals surface area contributed by atoms with Gasteiger partial charge in [-0.2, -0.15) is 0 Å². The maximum absolute atomic E-state index is 12.5. The molecule has 2 amide bonds. The van der Waals surface area contributed by atoms with E-state index in [0.29, 0.717) is 25.6 Å². The molecular formula is C23H34N4O2. The van der Waals surface area contributed by atoms with E-state index in [1.807, 2.05) is 4.90 Å². The van der Waals surface area contributed by atoms with Gasteiger partial charge in [-0.3, -0.25) is 19.4 Å². The summed E-state index contributed by atoms with van der Waals surface area (Å²) in [7, 11) is 0. The molecule has 1 aliphatic carbocycles. The molecule has 158 valence electrons. The number of nitrogens with one attached hydrogen (secondary N) is 1. The first-order valence-electron chi connectivity index (χ1n) is 11.2. The summed E-state index contributed by atoms with van der Waals surface area (Å²) in [5, 5.41) is 3.08. The molecule has 0 radical (unpaired) electrons. The molecule has 1 N–H and O–H groups in total. The molecule has 3 fully saturated rings. The van der Waals surface area contributed by atoms with Gasteiger partial charge in [0.05, 0.1) is 5.92 Å². The van der Waals surface area contributed by atoms with Gasteiger partial charge < -0.3 is 10.2 Å². The van der Waals surface area contributed by atoms with Crippen molar-refractivity contribution >= 4 is 11.8 Å². The Hall–Kier alpha value is -1.92. The van der Waals surface area contributed by atoms with Crippen LogP contribution in [0.25, 0.3) is 0 Å². The van der Waals surface area contributed by atoms with E-state index in [-0.39, 0.29) is 17.7 Å². The highest BCUT2D eigenvalue weighted by Crippen LogP contribution is 2.29. The molecule has 3 aliphatic rings. The van der Waals surface area contributed by atoms with Crippen LogP contribution < -0.4 is 5.32 Å². The second-order valence-corrected chi connectivity index (χ2v) is 8.78.